The van der Waals surface area contributed by atoms with Crippen LogP contribution in [0.15, 0.2) is 77.4 Å². The lowest BCUT2D eigenvalue weighted by molar-refractivity contribution is -0.111. The van der Waals surface area contributed by atoms with Crippen molar-refractivity contribution in [3.63, 3.8) is 0 Å². The standard InChI is InChI=1S/C21H18N2O4/c1-26-18-10-7-15(8-11-18)9-12-20(24)22-16-4-2-5-17(14-16)23-21(25)19-6-3-13-27-19/h2-14H,1H3,(H,22,24)(H,23,25)/b12-9+. The number of anilines is 2. The summed E-state index contributed by atoms with van der Waals surface area (Å²) in [4.78, 5) is 24.1. The van der Waals surface area contributed by atoms with Gasteiger partial charge in [-0.05, 0) is 54.1 Å². The van der Waals surface area contributed by atoms with Crippen LogP contribution in [0.4, 0.5) is 11.4 Å². The predicted molar refractivity (Wildman–Crippen MR) is 104 cm³/mol. The summed E-state index contributed by atoms with van der Waals surface area (Å²) in [6, 6.07) is 17.4. The van der Waals surface area contributed by atoms with Crippen LogP contribution in [-0.2, 0) is 4.79 Å². The Kier molecular flexibility index (Phi) is 5.69. The Morgan fingerprint density at radius 2 is 1.70 bits per heavy atom. The SMILES string of the molecule is COc1ccc(/C=C/C(=O)Nc2cccc(NC(=O)c3ccco3)c2)cc1. The quantitative estimate of drug-likeness (QED) is 0.644. The van der Waals surface area contributed by atoms with Crippen molar-refractivity contribution in [3.8, 4) is 5.75 Å². The van der Waals surface area contributed by atoms with Crippen LogP contribution in [0, 0.1) is 0 Å². The van der Waals surface area contributed by atoms with E-state index in [1.807, 2.05) is 24.3 Å². The summed E-state index contributed by atoms with van der Waals surface area (Å²) in [6.45, 7) is 0. The molecule has 3 rings (SSSR count). The van der Waals surface area contributed by atoms with Gasteiger partial charge in [0.05, 0.1) is 13.4 Å². The zero-order chi connectivity index (χ0) is 19.1. The Labute approximate surface area is 156 Å². The minimum atomic E-state index is -0.358. The van der Waals surface area contributed by atoms with Gasteiger partial charge in [0.15, 0.2) is 5.76 Å². The molecule has 0 aliphatic carbocycles. The molecule has 0 radical (unpaired) electrons. The monoisotopic (exact) mass is 362 g/mol. The highest BCUT2D eigenvalue weighted by Gasteiger charge is 2.09. The highest BCUT2D eigenvalue weighted by atomic mass is 16.5. The van der Waals surface area contributed by atoms with Gasteiger partial charge in [-0.1, -0.05) is 18.2 Å². The normalized spacial score (nSPS) is 10.6. The third-order valence-electron chi connectivity index (χ3n) is 3.68. The Morgan fingerprint density at radius 3 is 2.37 bits per heavy atom. The Morgan fingerprint density at radius 1 is 0.963 bits per heavy atom. The third-order valence-corrected chi connectivity index (χ3v) is 3.68. The fourth-order valence-electron chi connectivity index (χ4n) is 2.35. The number of ether oxygens (including phenoxy) is 1. The van der Waals surface area contributed by atoms with Crippen LogP contribution in [0.25, 0.3) is 6.08 Å². The van der Waals surface area contributed by atoms with Gasteiger partial charge in [0.25, 0.3) is 5.91 Å². The molecule has 0 unspecified atom stereocenters. The summed E-state index contributed by atoms with van der Waals surface area (Å²) in [5, 5.41) is 5.47. The van der Waals surface area contributed by atoms with Crippen molar-refractivity contribution < 1.29 is 18.7 Å². The van der Waals surface area contributed by atoms with E-state index in [9.17, 15) is 9.59 Å². The molecule has 2 aromatic carbocycles. The van der Waals surface area contributed by atoms with E-state index in [0.717, 1.165) is 11.3 Å². The van der Waals surface area contributed by atoms with Crippen molar-refractivity contribution in [1.82, 2.24) is 0 Å². The maximum atomic E-state index is 12.1. The number of methoxy groups -OCH3 is 1. The van der Waals surface area contributed by atoms with Gasteiger partial charge in [0.1, 0.15) is 5.75 Å². The predicted octanol–water partition coefficient (Wildman–Crippen LogP) is 4.19. The first-order valence-electron chi connectivity index (χ1n) is 8.22. The first-order valence-corrected chi connectivity index (χ1v) is 8.22. The van der Waals surface area contributed by atoms with E-state index in [0.29, 0.717) is 11.4 Å². The van der Waals surface area contributed by atoms with Gasteiger partial charge in [0.2, 0.25) is 5.91 Å². The number of benzene rings is 2. The van der Waals surface area contributed by atoms with E-state index in [-0.39, 0.29) is 17.6 Å². The molecule has 0 saturated heterocycles. The smallest absolute Gasteiger partial charge is 0.291 e. The van der Waals surface area contributed by atoms with Crippen molar-refractivity contribution in [2.75, 3.05) is 17.7 Å². The van der Waals surface area contributed by atoms with Gasteiger partial charge in [-0.15, -0.1) is 0 Å². The second-order valence-corrected chi connectivity index (χ2v) is 5.61. The molecule has 0 bridgehead atoms. The van der Waals surface area contributed by atoms with Crippen LogP contribution >= 0.6 is 0 Å². The first kappa shape index (κ1) is 18.0. The van der Waals surface area contributed by atoms with Crippen molar-refractivity contribution >= 4 is 29.3 Å². The van der Waals surface area contributed by atoms with Gasteiger partial charge < -0.3 is 19.8 Å². The summed E-state index contributed by atoms with van der Waals surface area (Å²) >= 11 is 0. The van der Waals surface area contributed by atoms with E-state index in [1.165, 1.54) is 12.3 Å². The molecule has 0 aliphatic rings. The number of rotatable bonds is 6. The molecule has 6 nitrogen and oxygen atoms in total. The zero-order valence-corrected chi connectivity index (χ0v) is 14.6. The Balaban J connectivity index is 1.60. The molecule has 0 aliphatic heterocycles. The third kappa shape index (κ3) is 5.09. The maximum absolute atomic E-state index is 12.1. The molecule has 136 valence electrons. The van der Waals surface area contributed by atoms with Gasteiger partial charge in [0, 0.05) is 17.5 Å². The second-order valence-electron chi connectivity index (χ2n) is 5.61. The number of carbonyl (C=O) groups is 2. The molecule has 2 N–H and O–H groups in total. The van der Waals surface area contributed by atoms with Gasteiger partial charge in [-0.2, -0.15) is 0 Å². The highest BCUT2D eigenvalue weighted by Crippen LogP contribution is 2.17. The molecule has 0 atom stereocenters. The highest BCUT2D eigenvalue weighted by molar-refractivity contribution is 6.04. The molecular weight excluding hydrogens is 344 g/mol. The van der Waals surface area contributed by atoms with Crippen LogP contribution in [0.1, 0.15) is 16.1 Å². The second kappa shape index (κ2) is 8.53. The van der Waals surface area contributed by atoms with Crippen molar-refractivity contribution in [1.29, 1.82) is 0 Å². The van der Waals surface area contributed by atoms with Gasteiger partial charge >= 0.3 is 0 Å². The molecule has 1 aromatic heterocycles. The molecular formula is C21H18N2O4. The van der Waals surface area contributed by atoms with Crippen molar-refractivity contribution in [2.24, 2.45) is 0 Å². The van der Waals surface area contributed by atoms with E-state index in [1.54, 1.807) is 49.6 Å². The van der Waals surface area contributed by atoms with Crippen LogP contribution in [-0.4, -0.2) is 18.9 Å². The molecule has 0 spiro atoms. The Hall–Kier alpha value is -3.80. The summed E-state index contributed by atoms with van der Waals surface area (Å²) in [7, 11) is 1.60. The average Bonchev–Trinajstić information content (AvgIpc) is 3.22. The average molecular weight is 362 g/mol. The minimum absolute atomic E-state index is 0.215. The molecule has 0 fully saturated rings. The number of amides is 2. The van der Waals surface area contributed by atoms with Crippen LogP contribution in [0.2, 0.25) is 0 Å². The van der Waals surface area contributed by atoms with E-state index in [4.69, 9.17) is 9.15 Å². The molecule has 1 heterocycles. The number of furan rings is 1. The lowest BCUT2D eigenvalue weighted by atomic mass is 10.2. The lowest BCUT2D eigenvalue weighted by Gasteiger charge is -2.07. The number of hydrogen-bond donors (Lipinski definition) is 2. The number of carbonyl (C=O) groups excluding carboxylic acids is 2. The fourth-order valence-corrected chi connectivity index (χ4v) is 2.35. The first-order chi connectivity index (χ1) is 13.1. The number of nitrogens with one attached hydrogen (secondary N) is 2. The molecule has 3 aromatic rings. The summed E-state index contributed by atoms with van der Waals surface area (Å²) < 4.78 is 10.1. The van der Waals surface area contributed by atoms with Crippen molar-refractivity contribution in [3.05, 3.63) is 84.3 Å². The van der Waals surface area contributed by atoms with Crippen LogP contribution < -0.4 is 15.4 Å². The molecule has 6 heteroatoms. The van der Waals surface area contributed by atoms with E-state index >= 15 is 0 Å². The molecule has 2 amide bonds. The zero-order valence-electron chi connectivity index (χ0n) is 14.6. The topological polar surface area (TPSA) is 80.6 Å². The van der Waals surface area contributed by atoms with Crippen LogP contribution in [0.5, 0.6) is 5.75 Å². The Bertz CT molecular complexity index is 945. The number of hydrogen-bond acceptors (Lipinski definition) is 4. The lowest BCUT2D eigenvalue weighted by Crippen LogP contribution is -2.12. The van der Waals surface area contributed by atoms with E-state index < -0.39 is 0 Å². The summed E-state index contributed by atoms with van der Waals surface area (Å²) in [6.07, 6.45) is 4.58. The van der Waals surface area contributed by atoms with Crippen molar-refractivity contribution in [2.45, 2.75) is 0 Å². The van der Waals surface area contributed by atoms with E-state index in [2.05, 4.69) is 10.6 Å². The summed E-state index contributed by atoms with van der Waals surface area (Å²) in [5.41, 5.74) is 2.00. The fraction of sp³-hybridized carbons (Fsp3) is 0.0476. The van der Waals surface area contributed by atoms with Crippen LogP contribution in [0.3, 0.4) is 0 Å². The molecule has 0 saturated carbocycles. The minimum Gasteiger partial charge on any atom is -0.497 e. The largest absolute Gasteiger partial charge is 0.497 e. The maximum Gasteiger partial charge on any atom is 0.291 e. The molecule has 27 heavy (non-hydrogen) atoms. The van der Waals surface area contributed by atoms with Gasteiger partial charge in [-0.3, -0.25) is 9.59 Å². The summed E-state index contributed by atoms with van der Waals surface area (Å²) in [5.74, 6) is 0.333. The van der Waals surface area contributed by atoms with Gasteiger partial charge in [-0.25, -0.2) is 0 Å².